The van der Waals surface area contributed by atoms with Crippen molar-refractivity contribution in [1.29, 1.82) is 0 Å². The molecule has 0 spiro atoms. The van der Waals surface area contributed by atoms with Crippen molar-refractivity contribution in [3.63, 3.8) is 0 Å². The molecule has 2 rings (SSSR count). The van der Waals surface area contributed by atoms with E-state index >= 15 is 0 Å². The summed E-state index contributed by atoms with van der Waals surface area (Å²) in [5, 5.41) is 2.81. The van der Waals surface area contributed by atoms with Gasteiger partial charge in [-0.15, -0.1) is 0 Å². The van der Waals surface area contributed by atoms with Crippen LogP contribution in [-0.4, -0.2) is 36.2 Å². The van der Waals surface area contributed by atoms with Gasteiger partial charge in [-0.1, -0.05) is 44.2 Å². The third-order valence-corrected chi connectivity index (χ3v) is 3.92. The van der Waals surface area contributed by atoms with Crippen LogP contribution in [0.15, 0.2) is 30.3 Å². The molecule has 1 aliphatic heterocycles. The predicted molar refractivity (Wildman–Crippen MR) is 78.2 cm³/mol. The second kappa shape index (κ2) is 6.66. The second-order valence-electron chi connectivity index (χ2n) is 5.35. The topological polar surface area (TPSA) is 49.4 Å². The molecule has 1 heterocycles. The maximum atomic E-state index is 12.7. The number of rotatable bonds is 5. The first kappa shape index (κ1) is 14.7. The van der Waals surface area contributed by atoms with Crippen LogP contribution in [0.25, 0.3) is 0 Å². The van der Waals surface area contributed by atoms with Crippen LogP contribution in [0.3, 0.4) is 0 Å². The van der Waals surface area contributed by atoms with E-state index in [4.69, 9.17) is 0 Å². The fraction of sp³-hybridized carbons (Fsp3) is 0.500. The Hall–Kier alpha value is -1.68. The first-order chi connectivity index (χ1) is 9.63. The molecule has 1 aromatic carbocycles. The molecule has 20 heavy (non-hydrogen) atoms. The molecule has 2 atom stereocenters. The summed E-state index contributed by atoms with van der Waals surface area (Å²) in [6.07, 6.45) is 0.822. The molecule has 1 aromatic rings. The molecule has 4 heteroatoms. The highest BCUT2D eigenvalue weighted by Crippen LogP contribution is 2.26. The summed E-state index contributed by atoms with van der Waals surface area (Å²) < 4.78 is 0. The van der Waals surface area contributed by atoms with Crippen LogP contribution in [0.5, 0.6) is 0 Å². The van der Waals surface area contributed by atoms with Crippen molar-refractivity contribution in [2.24, 2.45) is 5.92 Å². The Morgan fingerprint density at radius 3 is 2.65 bits per heavy atom. The second-order valence-corrected chi connectivity index (χ2v) is 5.35. The van der Waals surface area contributed by atoms with Crippen molar-refractivity contribution < 1.29 is 9.59 Å². The van der Waals surface area contributed by atoms with E-state index in [1.54, 1.807) is 0 Å². The molecule has 1 aliphatic rings. The normalized spacial score (nSPS) is 19.2. The van der Waals surface area contributed by atoms with Crippen LogP contribution >= 0.6 is 0 Å². The number of carbonyl (C=O) groups is 2. The molecule has 1 N–H and O–H groups in total. The van der Waals surface area contributed by atoms with Gasteiger partial charge in [-0.05, 0) is 12.0 Å². The molecule has 108 valence electrons. The van der Waals surface area contributed by atoms with E-state index in [1.807, 2.05) is 49.1 Å². The number of nitrogens with one attached hydrogen (secondary N) is 1. The van der Waals surface area contributed by atoms with Gasteiger partial charge in [-0.3, -0.25) is 14.5 Å². The van der Waals surface area contributed by atoms with E-state index in [-0.39, 0.29) is 23.7 Å². The van der Waals surface area contributed by atoms with E-state index < -0.39 is 0 Å². The molecular weight excluding hydrogens is 252 g/mol. The number of Topliss-reactive ketones (excluding diaryl/α,β-unsaturated/α-hetero) is 1. The minimum atomic E-state index is -0.308. The Bertz CT molecular complexity index is 473. The Labute approximate surface area is 120 Å². The molecule has 1 fully saturated rings. The van der Waals surface area contributed by atoms with Crippen molar-refractivity contribution in [2.75, 3.05) is 19.6 Å². The van der Waals surface area contributed by atoms with Gasteiger partial charge >= 0.3 is 0 Å². The third kappa shape index (κ3) is 3.25. The molecule has 0 aromatic heterocycles. The highest BCUT2D eigenvalue weighted by Gasteiger charge is 2.32. The number of carbonyl (C=O) groups excluding carboxylic acids is 2. The summed E-state index contributed by atoms with van der Waals surface area (Å²) in [6.45, 7) is 5.60. The molecule has 0 radical (unpaired) electrons. The number of amides is 1. The van der Waals surface area contributed by atoms with E-state index in [2.05, 4.69) is 5.32 Å². The quantitative estimate of drug-likeness (QED) is 0.890. The van der Waals surface area contributed by atoms with Gasteiger partial charge in [0.05, 0.1) is 12.6 Å². The van der Waals surface area contributed by atoms with Crippen LogP contribution < -0.4 is 5.32 Å². The van der Waals surface area contributed by atoms with Crippen LogP contribution in [-0.2, 0) is 9.59 Å². The molecule has 1 amide bonds. The summed E-state index contributed by atoms with van der Waals surface area (Å²) in [5.74, 6) is 0.202. The molecule has 0 bridgehead atoms. The zero-order valence-corrected chi connectivity index (χ0v) is 12.1. The van der Waals surface area contributed by atoms with Crippen molar-refractivity contribution in [3.8, 4) is 0 Å². The van der Waals surface area contributed by atoms with Gasteiger partial charge in [-0.25, -0.2) is 0 Å². The van der Waals surface area contributed by atoms with E-state index in [1.165, 1.54) is 0 Å². The van der Waals surface area contributed by atoms with Crippen LogP contribution in [0.4, 0.5) is 0 Å². The number of ketones is 1. The van der Waals surface area contributed by atoms with Crippen molar-refractivity contribution in [3.05, 3.63) is 35.9 Å². The summed E-state index contributed by atoms with van der Waals surface area (Å²) in [4.78, 5) is 26.3. The van der Waals surface area contributed by atoms with E-state index in [0.29, 0.717) is 19.6 Å². The minimum Gasteiger partial charge on any atom is -0.354 e. The lowest BCUT2D eigenvalue weighted by Gasteiger charge is -2.34. The van der Waals surface area contributed by atoms with E-state index in [0.717, 1.165) is 12.0 Å². The number of hydrogen-bond acceptors (Lipinski definition) is 3. The highest BCUT2D eigenvalue weighted by molar-refractivity contribution is 5.88. The Kier molecular flexibility index (Phi) is 4.90. The zero-order valence-electron chi connectivity index (χ0n) is 12.1. The van der Waals surface area contributed by atoms with Gasteiger partial charge in [0, 0.05) is 19.0 Å². The molecular formula is C16H22N2O2. The third-order valence-electron chi connectivity index (χ3n) is 3.92. The lowest BCUT2D eigenvalue weighted by Crippen LogP contribution is -2.51. The number of benzene rings is 1. The highest BCUT2D eigenvalue weighted by atomic mass is 16.2. The minimum absolute atomic E-state index is 0.00481. The summed E-state index contributed by atoms with van der Waals surface area (Å²) >= 11 is 0. The maximum absolute atomic E-state index is 12.7. The van der Waals surface area contributed by atoms with Crippen molar-refractivity contribution in [2.45, 2.75) is 26.3 Å². The predicted octanol–water partition coefficient (Wildman–Crippen LogP) is 1.77. The van der Waals surface area contributed by atoms with Gasteiger partial charge in [0.25, 0.3) is 0 Å². The fourth-order valence-corrected chi connectivity index (χ4v) is 2.54. The SMILES string of the molecule is CCC(C)C(=O)C(c1ccccc1)N1CCNC(=O)C1. The average molecular weight is 274 g/mol. The van der Waals surface area contributed by atoms with Gasteiger partial charge in [-0.2, -0.15) is 0 Å². The fourth-order valence-electron chi connectivity index (χ4n) is 2.54. The summed E-state index contributed by atoms with van der Waals surface area (Å²) in [7, 11) is 0. The van der Waals surface area contributed by atoms with Crippen LogP contribution in [0.2, 0.25) is 0 Å². The zero-order chi connectivity index (χ0) is 14.5. The van der Waals surface area contributed by atoms with Gasteiger partial charge in [0.2, 0.25) is 5.91 Å². The average Bonchev–Trinajstić information content (AvgIpc) is 2.48. The smallest absolute Gasteiger partial charge is 0.234 e. The van der Waals surface area contributed by atoms with Crippen molar-refractivity contribution in [1.82, 2.24) is 10.2 Å². The number of piperazine rings is 1. The summed E-state index contributed by atoms with van der Waals surface area (Å²) in [6, 6.07) is 9.45. The molecule has 0 saturated carbocycles. The molecule has 2 unspecified atom stereocenters. The lowest BCUT2D eigenvalue weighted by molar-refractivity contribution is -0.132. The molecule has 0 aliphatic carbocycles. The number of nitrogens with zero attached hydrogens (tertiary/aromatic N) is 1. The van der Waals surface area contributed by atoms with Gasteiger partial charge in [0.15, 0.2) is 5.78 Å². The Morgan fingerprint density at radius 1 is 1.35 bits per heavy atom. The maximum Gasteiger partial charge on any atom is 0.234 e. The largest absolute Gasteiger partial charge is 0.354 e. The van der Waals surface area contributed by atoms with Gasteiger partial charge < -0.3 is 5.32 Å². The standard InChI is InChI=1S/C16H22N2O2/c1-3-12(2)16(20)15(13-7-5-4-6-8-13)18-10-9-17-14(19)11-18/h4-8,12,15H,3,9-11H2,1-2H3,(H,17,19). The van der Waals surface area contributed by atoms with Gasteiger partial charge in [0.1, 0.15) is 0 Å². The molecule has 1 saturated heterocycles. The van der Waals surface area contributed by atoms with E-state index in [9.17, 15) is 9.59 Å². The first-order valence-corrected chi connectivity index (χ1v) is 7.23. The van der Waals surface area contributed by atoms with Crippen LogP contribution in [0.1, 0.15) is 31.9 Å². The lowest BCUT2D eigenvalue weighted by atomic mass is 9.91. The molecule has 4 nitrogen and oxygen atoms in total. The van der Waals surface area contributed by atoms with Crippen LogP contribution in [0, 0.1) is 5.92 Å². The summed E-state index contributed by atoms with van der Waals surface area (Å²) in [5.41, 5.74) is 0.979. The van der Waals surface area contributed by atoms with Crippen molar-refractivity contribution >= 4 is 11.7 Å². The first-order valence-electron chi connectivity index (χ1n) is 7.23. The number of hydrogen-bond donors (Lipinski definition) is 1. The Morgan fingerprint density at radius 2 is 2.05 bits per heavy atom. The monoisotopic (exact) mass is 274 g/mol. The Balaban J connectivity index is 2.29.